The standard InChI is InChI=1S/C18H22N4O/c1-14(22-11-9-15-6-2-3-8-17(15)22)12-20-18(23)21-13-16-7-4-5-10-19-16/h2-8,10,14H,9,11-13H2,1H3,(H2,20,21,23). The van der Waals surface area contributed by atoms with Gasteiger partial charge in [-0.05, 0) is 37.1 Å². The van der Waals surface area contributed by atoms with Crippen LogP contribution < -0.4 is 15.5 Å². The van der Waals surface area contributed by atoms with Gasteiger partial charge in [0.05, 0.1) is 12.2 Å². The molecule has 2 aromatic rings. The zero-order valence-electron chi connectivity index (χ0n) is 13.3. The minimum absolute atomic E-state index is 0.157. The number of fused-ring (bicyclic) bond motifs is 1. The third-order valence-electron chi connectivity index (χ3n) is 4.17. The Hall–Kier alpha value is -2.56. The molecule has 0 spiro atoms. The molecule has 1 unspecified atom stereocenters. The summed E-state index contributed by atoms with van der Waals surface area (Å²) >= 11 is 0. The highest BCUT2D eigenvalue weighted by Gasteiger charge is 2.22. The molecule has 2 heterocycles. The molecule has 3 rings (SSSR count). The molecule has 0 bridgehead atoms. The Labute approximate surface area is 136 Å². The maximum atomic E-state index is 11.9. The van der Waals surface area contributed by atoms with Crippen molar-refractivity contribution in [2.45, 2.75) is 25.9 Å². The predicted octanol–water partition coefficient (Wildman–Crippen LogP) is 2.33. The van der Waals surface area contributed by atoms with Gasteiger partial charge >= 0.3 is 6.03 Å². The Kier molecular flexibility index (Phi) is 4.76. The monoisotopic (exact) mass is 310 g/mol. The molecule has 1 aliphatic heterocycles. The van der Waals surface area contributed by atoms with Crippen molar-refractivity contribution in [3.63, 3.8) is 0 Å². The van der Waals surface area contributed by atoms with E-state index in [0.29, 0.717) is 13.1 Å². The predicted molar refractivity (Wildman–Crippen MR) is 91.4 cm³/mol. The summed E-state index contributed by atoms with van der Waals surface area (Å²) in [6.07, 6.45) is 2.80. The fraction of sp³-hybridized carbons (Fsp3) is 0.333. The molecule has 0 saturated carbocycles. The number of pyridine rings is 1. The van der Waals surface area contributed by atoms with Gasteiger partial charge in [0.15, 0.2) is 0 Å². The lowest BCUT2D eigenvalue weighted by atomic mass is 10.2. The van der Waals surface area contributed by atoms with E-state index in [1.165, 1.54) is 11.3 Å². The van der Waals surface area contributed by atoms with Gasteiger partial charge in [-0.1, -0.05) is 24.3 Å². The molecule has 1 atom stereocenters. The van der Waals surface area contributed by atoms with Crippen molar-refractivity contribution in [2.24, 2.45) is 0 Å². The van der Waals surface area contributed by atoms with Gasteiger partial charge in [0.25, 0.3) is 0 Å². The van der Waals surface area contributed by atoms with Crippen molar-refractivity contribution in [1.29, 1.82) is 0 Å². The molecular formula is C18H22N4O. The van der Waals surface area contributed by atoms with Crippen molar-refractivity contribution >= 4 is 11.7 Å². The van der Waals surface area contributed by atoms with Crippen molar-refractivity contribution in [1.82, 2.24) is 15.6 Å². The van der Waals surface area contributed by atoms with Gasteiger partial charge in [0.1, 0.15) is 0 Å². The number of para-hydroxylation sites is 1. The summed E-state index contributed by atoms with van der Waals surface area (Å²) in [5.74, 6) is 0. The maximum absolute atomic E-state index is 11.9. The number of carbonyl (C=O) groups excluding carboxylic acids is 1. The van der Waals surface area contributed by atoms with Crippen LogP contribution >= 0.6 is 0 Å². The highest BCUT2D eigenvalue weighted by molar-refractivity contribution is 5.73. The minimum atomic E-state index is -0.157. The van der Waals surface area contributed by atoms with Crippen LogP contribution in [0.3, 0.4) is 0 Å². The average molecular weight is 310 g/mol. The molecule has 0 fully saturated rings. The lowest BCUT2D eigenvalue weighted by Gasteiger charge is -2.27. The fourth-order valence-corrected chi connectivity index (χ4v) is 2.91. The summed E-state index contributed by atoms with van der Waals surface area (Å²) in [4.78, 5) is 18.5. The molecule has 1 aliphatic rings. The van der Waals surface area contributed by atoms with Crippen LogP contribution in [-0.2, 0) is 13.0 Å². The smallest absolute Gasteiger partial charge is 0.315 e. The van der Waals surface area contributed by atoms with Crippen molar-refractivity contribution < 1.29 is 4.79 Å². The Morgan fingerprint density at radius 1 is 1.22 bits per heavy atom. The fourth-order valence-electron chi connectivity index (χ4n) is 2.91. The third kappa shape index (κ3) is 3.80. The third-order valence-corrected chi connectivity index (χ3v) is 4.17. The second-order valence-corrected chi connectivity index (χ2v) is 5.81. The number of hydrogen-bond acceptors (Lipinski definition) is 3. The van der Waals surface area contributed by atoms with Gasteiger partial charge in [0.2, 0.25) is 0 Å². The van der Waals surface area contributed by atoms with Gasteiger partial charge in [-0.25, -0.2) is 4.79 Å². The van der Waals surface area contributed by atoms with E-state index in [1.807, 2.05) is 18.2 Å². The van der Waals surface area contributed by atoms with Crippen LogP contribution in [0, 0.1) is 0 Å². The molecule has 2 N–H and O–H groups in total. The first-order valence-electron chi connectivity index (χ1n) is 8.00. The topological polar surface area (TPSA) is 57.3 Å². The van der Waals surface area contributed by atoms with E-state index in [2.05, 4.69) is 51.7 Å². The van der Waals surface area contributed by atoms with Crippen LogP contribution in [0.2, 0.25) is 0 Å². The maximum Gasteiger partial charge on any atom is 0.315 e. The van der Waals surface area contributed by atoms with Gasteiger partial charge in [-0.3, -0.25) is 4.98 Å². The van der Waals surface area contributed by atoms with Crippen LogP contribution in [-0.4, -0.2) is 30.1 Å². The minimum Gasteiger partial charge on any atom is -0.366 e. The number of benzene rings is 1. The lowest BCUT2D eigenvalue weighted by molar-refractivity contribution is 0.239. The van der Waals surface area contributed by atoms with E-state index in [0.717, 1.165) is 18.7 Å². The number of urea groups is 1. The second-order valence-electron chi connectivity index (χ2n) is 5.81. The summed E-state index contributed by atoms with van der Waals surface area (Å²) < 4.78 is 0. The van der Waals surface area contributed by atoms with Crippen molar-refractivity contribution in [3.8, 4) is 0 Å². The number of nitrogens with one attached hydrogen (secondary N) is 2. The highest BCUT2D eigenvalue weighted by Crippen LogP contribution is 2.28. The Morgan fingerprint density at radius 2 is 2.04 bits per heavy atom. The van der Waals surface area contributed by atoms with E-state index >= 15 is 0 Å². The van der Waals surface area contributed by atoms with E-state index in [4.69, 9.17) is 0 Å². The molecule has 1 aromatic carbocycles. The molecule has 1 aromatic heterocycles. The van der Waals surface area contributed by atoms with E-state index in [9.17, 15) is 4.79 Å². The SMILES string of the molecule is CC(CNC(=O)NCc1ccccn1)N1CCc2ccccc21. The van der Waals surface area contributed by atoms with Crippen LogP contribution in [0.5, 0.6) is 0 Å². The van der Waals surface area contributed by atoms with Crippen LogP contribution in [0.4, 0.5) is 10.5 Å². The summed E-state index contributed by atoms with van der Waals surface area (Å²) in [5.41, 5.74) is 3.53. The molecule has 5 heteroatoms. The summed E-state index contributed by atoms with van der Waals surface area (Å²) in [7, 11) is 0. The Balaban J connectivity index is 1.46. The molecule has 5 nitrogen and oxygen atoms in total. The number of nitrogens with zero attached hydrogens (tertiary/aromatic N) is 2. The van der Waals surface area contributed by atoms with Gasteiger partial charge in [-0.15, -0.1) is 0 Å². The first kappa shape index (κ1) is 15.3. The average Bonchev–Trinajstić information content (AvgIpc) is 3.03. The molecule has 0 radical (unpaired) electrons. The molecule has 0 saturated heterocycles. The van der Waals surface area contributed by atoms with E-state index in [-0.39, 0.29) is 12.1 Å². The molecular weight excluding hydrogens is 288 g/mol. The molecule has 120 valence electrons. The van der Waals surface area contributed by atoms with E-state index in [1.54, 1.807) is 6.20 Å². The van der Waals surface area contributed by atoms with Crippen molar-refractivity contribution in [3.05, 3.63) is 59.9 Å². The first-order chi connectivity index (χ1) is 11.2. The number of aromatic nitrogens is 1. The summed E-state index contributed by atoms with van der Waals surface area (Å²) in [6, 6.07) is 14.2. The van der Waals surface area contributed by atoms with Crippen LogP contribution in [0.1, 0.15) is 18.2 Å². The zero-order chi connectivity index (χ0) is 16.1. The molecule has 0 aliphatic carbocycles. The molecule has 2 amide bonds. The number of carbonyl (C=O) groups is 1. The largest absolute Gasteiger partial charge is 0.366 e. The summed E-state index contributed by atoms with van der Waals surface area (Å²) in [5, 5.41) is 5.77. The quantitative estimate of drug-likeness (QED) is 0.891. The van der Waals surface area contributed by atoms with Crippen molar-refractivity contribution in [2.75, 3.05) is 18.0 Å². The van der Waals surface area contributed by atoms with Crippen LogP contribution in [0.25, 0.3) is 0 Å². The highest BCUT2D eigenvalue weighted by atomic mass is 16.2. The second kappa shape index (κ2) is 7.13. The van der Waals surface area contributed by atoms with Gasteiger partial charge in [-0.2, -0.15) is 0 Å². The zero-order valence-corrected chi connectivity index (χ0v) is 13.3. The Bertz CT molecular complexity index is 659. The number of anilines is 1. The first-order valence-corrected chi connectivity index (χ1v) is 8.00. The number of rotatable bonds is 5. The number of hydrogen-bond donors (Lipinski definition) is 2. The van der Waals surface area contributed by atoms with Gasteiger partial charge in [0, 0.05) is 31.0 Å². The Morgan fingerprint density at radius 3 is 2.87 bits per heavy atom. The number of amides is 2. The lowest BCUT2D eigenvalue weighted by Crippen LogP contribution is -2.44. The summed E-state index contributed by atoms with van der Waals surface area (Å²) in [6.45, 7) is 4.20. The molecule has 23 heavy (non-hydrogen) atoms. The van der Waals surface area contributed by atoms with Gasteiger partial charge < -0.3 is 15.5 Å². The normalized spacial score (nSPS) is 14.2. The van der Waals surface area contributed by atoms with Crippen LogP contribution in [0.15, 0.2) is 48.7 Å². The van der Waals surface area contributed by atoms with E-state index < -0.39 is 0 Å².